The SMILES string of the molecule is O=C1NCC(Cc2ccc(Br)cc2)S1. The van der Waals surface area contributed by atoms with Crippen molar-refractivity contribution in [3.05, 3.63) is 34.3 Å². The first-order valence-corrected chi connectivity index (χ1v) is 6.10. The van der Waals surface area contributed by atoms with Gasteiger partial charge in [-0.3, -0.25) is 4.79 Å². The van der Waals surface area contributed by atoms with Crippen molar-refractivity contribution in [1.82, 2.24) is 5.32 Å². The number of thioether (sulfide) groups is 1. The Labute approximate surface area is 95.6 Å². The predicted molar refractivity (Wildman–Crippen MR) is 62.6 cm³/mol. The van der Waals surface area contributed by atoms with Gasteiger partial charge in [0, 0.05) is 16.3 Å². The zero-order valence-corrected chi connectivity index (χ0v) is 9.90. The van der Waals surface area contributed by atoms with E-state index in [1.165, 1.54) is 17.3 Å². The number of carbonyl (C=O) groups is 1. The molecule has 0 aromatic heterocycles. The van der Waals surface area contributed by atoms with Crippen molar-refractivity contribution in [3.63, 3.8) is 0 Å². The summed E-state index contributed by atoms with van der Waals surface area (Å²) in [5, 5.41) is 3.31. The van der Waals surface area contributed by atoms with E-state index in [4.69, 9.17) is 0 Å². The minimum absolute atomic E-state index is 0.104. The maximum absolute atomic E-state index is 10.9. The van der Waals surface area contributed by atoms with E-state index in [9.17, 15) is 4.79 Å². The van der Waals surface area contributed by atoms with Gasteiger partial charge in [-0.05, 0) is 24.1 Å². The Hall–Kier alpha value is -0.480. The van der Waals surface area contributed by atoms with Crippen LogP contribution in [0.5, 0.6) is 0 Å². The molecule has 1 unspecified atom stereocenters. The van der Waals surface area contributed by atoms with Gasteiger partial charge in [-0.25, -0.2) is 0 Å². The monoisotopic (exact) mass is 271 g/mol. The van der Waals surface area contributed by atoms with Gasteiger partial charge in [0.2, 0.25) is 0 Å². The summed E-state index contributed by atoms with van der Waals surface area (Å²) in [6.07, 6.45) is 0.955. The van der Waals surface area contributed by atoms with E-state index < -0.39 is 0 Å². The molecule has 1 N–H and O–H groups in total. The number of amides is 1. The van der Waals surface area contributed by atoms with E-state index in [-0.39, 0.29) is 5.24 Å². The number of carbonyl (C=O) groups excluding carboxylic acids is 1. The molecule has 2 nitrogen and oxygen atoms in total. The van der Waals surface area contributed by atoms with Gasteiger partial charge in [-0.2, -0.15) is 0 Å². The normalized spacial score (nSPS) is 20.9. The molecule has 2 rings (SSSR count). The molecule has 1 aromatic carbocycles. The van der Waals surface area contributed by atoms with E-state index in [0.717, 1.165) is 17.4 Å². The third-order valence-electron chi connectivity index (χ3n) is 2.12. The Kier molecular flexibility index (Phi) is 3.13. The zero-order valence-electron chi connectivity index (χ0n) is 7.50. The first-order chi connectivity index (χ1) is 6.74. The lowest BCUT2D eigenvalue weighted by Crippen LogP contribution is -2.16. The lowest BCUT2D eigenvalue weighted by atomic mass is 10.1. The van der Waals surface area contributed by atoms with E-state index >= 15 is 0 Å². The molecule has 0 radical (unpaired) electrons. The van der Waals surface area contributed by atoms with Gasteiger partial charge in [0.1, 0.15) is 0 Å². The van der Waals surface area contributed by atoms with Crippen molar-refractivity contribution in [2.75, 3.05) is 6.54 Å². The lowest BCUT2D eigenvalue weighted by molar-refractivity contribution is 0.262. The molecule has 1 heterocycles. The van der Waals surface area contributed by atoms with Crippen LogP contribution in [0.3, 0.4) is 0 Å². The molecule has 74 valence electrons. The number of benzene rings is 1. The molecule has 0 saturated carbocycles. The number of halogens is 1. The topological polar surface area (TPSA) is 29.1 Å². The summed E-state index contributed by atoms with van der Waals surface area (Å²) in [5.41, 5.74) is 1.28. The van der Waals surface area contributed by atoms with Crippen LogP contribution in [0.15, 0.2) is 28.7 Å². The van der Waals surface area contributed by atoms with Gasteiger partial charge in [-0.1, -0.05) is 39.8 Å². The maximum atomic E-state index is 10.9. The molecular formula is C10H10BrNOS. The largest absolute Gasteiger partial charge is 0.346 e. The van der Waals surface area contributed by atoms with Crippen LogP contribution in [0.2, 0.25) is 0 Å². The van der Waals surface area contributed by atoms with Crippen molar-refractivity contribution in [1.29, 1.82) is 0 Å². The first-order valence-electron chi connectivity index (χ1n) is 4.43. The third kappa shape index (κ3) is 2.51. The van der Waals surface area contributed by atoms with E-state index in [0.29, 0.717) is 5.25 Å². The standard InChI is InChI=1S/C10H10BrNOS/c11-8-3-1-7(2-4-8)5-9-6-12-10(13)14-9/h1-4,9H,5-6H2,(H,12,13). The Morgan fingerprint density at radius 1 is 1.43 bits per heavy atom. The molecule has 0 bridgehead atoms. The van der Waals surface area contributed by atoms with Crippen molar-refractivity contribution in [3.8, 4) is 0 Å². The van der Waals surface area contributed by atoms with Crippen molar-refractivity contribution >= 4 is 32.9 Å². The minimum Gasteiger partial charge on any atom is -0.346 e. The summed E-state index contributed by atoms with van der Waals surface area (Å²) in [6.45, 7) is 0.791. The molecule has 1 amide bonds. The van der Waals surface area contributed by atoms with Gasteiger partial charge < -0.3 is 5.32 Å². The molecule has 1 fully saturated rings. The molecule has 14 heavy (non-hydrogen) atoms. The van der Waals surface area contributed by atoms with Crippen LogP contribution >= 0.6 is 27.7 Å². The van der Waals surface area contributed by atoms with Crippen LogP contribution in [0.1, 0.15) is 5.56 Å². The average Bonchev–Trinajstić information content (AvgIpc) is 2.56. The Balaban J connectivity index is 1.97. The van der Waals surface area contributed by atoms with Gasteiger partial charge in [-0.15, -0.1) is 0 Å². The van der Waals surface area contributed by atoms with Crippen molar-refractivity contribution in [2.45, 2.75) is 11.7 Å². The quantitative estimate of drug-likeness (QED) is 0.897. The molecule has 1 aromatic rings. The molecule has 1 aliphatic rings. The molecular weight excluding hydrogens is 262 g/mol. The number of hydrogen-bond acceptors (Lipinski definition) is 2. The fourth-order valence-electron chi connectivity index (χ4n) is 1.43. The molecule has 0 aliphatic carbocycles. The molecule has 1 atom stereocenters. The van der Waals surface area contributed by atoms with Crippen LogP contribution in [0.4, 0.5) is 4.79 Å². The molecule has 1 saturated heterocycles. The summed E-state index contributed by atoms with van der Waals surface area (Å²) < 4.78 is 1.09. The fraction of sp³-hybridized carbons (Fsp3) is 0.300. The Morgan fingerprint density at radius 3 is 2.71 bits per heavy atom. The van der Waals surface area contributed by atoms with Crippen LogP contribution in [-0.4, -0.2) is 17.0 Å². The second-order valence-electron chi connectivity index (χ2n) is 3.24. The van der Waals surface area contributed by atoms with Crippen LogP contribution < -0.4 is 5.32 Å². The Bertz CT molecular complexity index is 338. The highest BCUT2D eigenvalue weighted by molar-refractivity contribution is 9.10. The summed E-state index contributed by atoms with van der Waals surface area (Å²) in [5.74, 6) is 0. The van der Waals surface area contributed by atoms with Crippen LogP contribution in [0, 0.1) is 0 Å². The summed E-state index contributed by atoms with van der Waals surface area (Å²) >= 11 is 4.80. The average molecular weight is 272 g/mol. The van der Waals surface area contributed by atoms with Gasteiger partial charge in [0.25, 0.3) is 5.24 Å². The summed E-state index contributed by atoms with van der Waals surface area (Å²) in [6, 6.07) is 8.25. The van der Waals surface area contributed by atoms with Gasteiger partial charge in [0.15, 0.2) is 0 Å². The maximum Gasteiger partial charge on any atom is 0.279 e. The summed E-state index contributed by atoms with van der Waals surface area (Å²) in [4.78, 5) is 10.9. The summed E-state index contributed by atoms with van der Waals surface area (Å²) in [7, 11) is 0. The highest BCUT2D eigenvalue weighted by Gasteiger charge is 2.22. The third-order valence-corrected chi connectivity index (χ3v) is 3.68. The first kappa shape index (κ1) is 10.1. The number of nitrogens with one attached hydrogen (secondary N) is 1. The smallest absolute Gasteiger partial charge is 0.279 e. The van der Waals surface area contributed by atoms with E-state index in [1.54, 1.807) is 0 Å². The molecule has 0 spiro atoms. The lowest BCUT2D eigenvalue weighted by Gasteiger charge is -2.05. The zero-order chi connectivity index (χ0) is 9.97. The highest BCUT2D eigenvalue weighted by atomic mass is 79.9. The second-order valence-corrected chi connectivity index (χ2v) is 5.43. The van der Waals surface area contributed by atoms with Crippen LogP contribution in [0.25, 0.3) is 0 Å². The number of rotatable bonds is 2. The van der Waals surface area contributed by atoms with Crippen molar-refractivity contribution in [2.24, 2.45) is 0 Å². The predicted octanol–water partition coefficient (Wildman–Crippen LogP) is 2.82. The van der Waals surface area contributed by atoms with Gasteiger partial charge in [0.05, 0.1) is 0 Å². The number of hydrogen-bond donors (Lipinski definition) is 1. The Morgan fingerprint density at radius 2 is 2.14 bits per heavy atom. The minimum atomic E-state index is 0.104. The van der Waals surface area contributed by atoms with Crippen molar-refractivity contribution < 1.29 is 4.79 Å². The van der Waals surface area contributed by atoms with E-state index in [1.807, 2.05) is 12.1 Å². The second kappa shape index (κ2) is 4.36. The van der Waals surface area contributed by atoms with Gasteiger partial charge >= 0.3 is 0 Å². The van der Waals surface area contributed by atoms with E-state index in [2.05, 4.69) is 33.4 Å². The van der Waals surface area contributed by atoms with Crippen LogP contribution in [-0.2, 0) is 6.42 Å². The highest BCUT2D eigenvalue weighted by Crippen LogP contribution is 2.22. The molecule has 1 aliphatic heterocycles. The fourth-order valence-corrected chi connectivity index (χ4v) is 2.61. The molecule has 4 heteroatoms.